The Hall–Kier alpha value is -2.72. The number of nitriles is 1. The molecule has 0 fully saturated rings. The largest absolute Gasteiger partial charge is 0.456 e. The number of hydrogen-bond donors (Lipinski definition) is 0. The maximum Gasteiger partial charge on any atom is 0.332 e. The number of ether oxygens (including phenoxy) is 2. The van der Waals surface area contributed by atoms with Crippen LogP contribution in [0.3, 0.4) is 0 Å². The van der Waals surface area contributed by atoms with Crippen molar-refractivity contribution in [1.82, 2.24) is 9.55 Å². The molecule has 1 heterocycles. The van der Waals surface area contributed by atoms with Gasteiger partial charge in [0, 0.05) is 7.11 Å². The van der Waals surface area contributed by atoms with Crippen molar-refractivity contribution in [3.63, 3.8) is 0 Å². The number of para-hydroxylation sites is 1. The van der Waals surface area contributed by atoms with Crippen LogP contribution in [0.25, 0.3) is 10.9 Å². The molecule has 0 aliphatic heterocycles. The molecule has 0 bridgehead atoms. The van der Waals surface area contributed by atoms with Crippen LogP contribution in [0, 0.1) is 11.3 Å². The zero-order chi connectivity index (χ0) is 15.2. The summed E-state index contributed by atoms with van der Waals surface area (Å²) in [7, 11) is 1.38. The zero-order valence-corrected chi connectivity index (χ0v) is 11.4. The van der Waals surface area contributed by atoms with Gasteiger partial charge in [-0.3, -0.25) is 9.36 Å². The third-order valence-corrected chi connectivity index (χ3v) is 2.79. The van der Waals surface area contributed by atoms with Crippen molar-refractivity contribution in [2.45, 2.75) is 13.2 Å². The highest BCUT2D eigenvalue weighted by Crippen LogP contribution is 2.08. The highest BCUT2D eigenvalue weighted by atomic mass is 16.6. The van der Waals surface area contributed by atoms with E-state index in [0.717, 1.165) is 0 Å². The van der Waals surface area contributed by atoms with E-state index < -0.39 is 5.97 Å². The molecular weight excluding hydrogens is 274 g/mol. The van der Waals surface area contributed by atoms with Crippen molar-refractivity contribution in [3.8, 4) is 6.07 Å². The number of aromatic nitrogens is 2. The second kappa shape index (κ2) is 6.63. The van der Waals surface area contributed by atoms with Crippen LogP contribution in [0.4, 0.5) is 0 Å². The van der Waals surface area contributed by atoms with Gasteiger partial charge in [0.1, 0.15) is 19.8 Å². The lowest BCUT2D eigenvalue weighted by molar-refractivity contribution is -0.149. The molecular formula is C14H13N3O4. The minimum atomic E-state index is -0.566. The molecule has 1 aromatic carbocycles. The van der Waals surface area contributed by atoms with Crippen molar-refractivity contribution < 1.29 is 14.3 Å². The Morgan fingerprint density at radius 1 is 1.43 bits per heavy atom. The lowest BCUT2D eigenvalue weighted by Gasteiger charge is -2.11. The van der Waals surface area contributed by atoms with Crippen molar-refractivity contribution in [1.29, 1.82) is 5.26 Å². The minimum absolute atomic E-state index is 0.159. The molecule has 0 aliphatic carbocycles. The number of esters is 1. The molecule has 108 valence electrons. The summed E-state index contributed by atoms with van der Waals surface area (Å²) in [6, 6.07) is 8.70. The van der Waals surface area contributed by atoms with Gasteiger partial charge in [0.05, 0.1) is 17.0 Å². The van der Waals surface area contributed by atoms with Crippen LogP contribution in [0.2, 0.25) is 0 Å². The number of carbonyl (C=O) groups excluding carboxylic acids is 1. The van der Waals surface area contributed by atoms with E-state index >= 15 is 0 Å². The van der Waals surface area contributed by atoms with Gasteiger partial charge in [0.25, 0.3) is 5.56 Å². The summed E-state index contributed by atoms with van der Waals surface area (Å²) in [6.07, 6.45) is 0. The van der Waals surface area contributed by atoms with E-state index in [1.807, 2.05) is 6.07 Å². The van der Waals surface area contributed by atoms with Crippen LogP contribution in [0.5, 0.6) is 0 Å². The molecule has 0 N–H and O–H groups in total. The van der Waals surface area contributed by atoms with Gasteiger partial charge in [-0.2, -0.15) is 5.26 Å². The van der Waals surface area contributed by atoms with Gasteiger partial charge < -0.3 is 9.47 Å². The van der Waals surface area contributed by atoms with E-state index in [1.165, 1.54) is 11.7 Å². The molecule has 7 heteroatoms. The highest BCUT2D eigenvalue weighted by Gasteiger charge is 2.12. The Morgan fingerprint density at radius 3 is 2.90 bits per heavy atom. The Bertz CT molecular complexity index is 761. The van der Waals surface area contributed by atoms with Crippen LogP contribution < -0.4 is 5.56 Å². The summed E-state index contributed by atoms with van der Waals surface area (Å²) in [5, 5.41) is 9.25. The van der Waals surface area contributed by atoms with Crippen LogP contribution in [0.15, 0.2) is 29.1 Å². The maximum atomic E-state index is 12.3. The SMILES string of the molecule is COCC(=O)OCc1nc2ccccc2c(=O)n1CC#N. The van der Waals surface area contributed by atoms with E-state index in [4.69, 9.17) is 10.00 Å². The minimum Gasteiger partial charge on any atom is -0.456 e. The molecule has 2 aromatic rings. The molecule has 0 radical (unpaired) electrons. The monoisotopic (exact) mass is 287 g/mol. The second-order valence-electron chi connectivity index (χ2n) is 4.19. The van der Waals surface area contributed by atoms with E-state index in [-0.39, 0.29) is 31.1 Å². The average molecular weight is 287 g/mol. The molecule has 0 aliphatic rings. The number of fused-ring (bicyclic) bond motifs is 1. The lowest BCUT2D eigenvalue weighted by Crippen LogP contribution is -2.26. The standard InChI is InChI=1S/C14H13N3O4/c1-20-9-13(18)21-8-12-16-11-5-3-2-4-10(11)14(19)17(12)7-6-15/h2-5H,7-9H2,1H3. The number of hydrogen-bond acceptors (Lipinski definition) is 6. The van der Waals surface area contributed by atoms with Gasteiger partial charge in [-0.25, -0.2) is 9.78 Å². The highest BCUT2D eigenvalue weighted by molar-refractivity contribution is 5.77. The molecule has 0 saturated heterocycles. The summed E-state index contributed by atoms with van der Waals surface area (Å²) >= 11 is 0. The molecule has 2 rings (SSSR count). The summed E-state index contributed by atoms with van der Waals surface area (Å²) in [5.41, 5.74) is 0.162. The fourth-order valence-electron chi connectivity index (χ4n) is 1.86. The summed E-state index contributed by atoms with van der Waals surface area (Å²) in [6.45, 7) is -0.534. The predicted molar refractivity (Wildman–Crippen MR) is 73.3 cm³/mol. The molecule has 0 amide bonds. The molecule has 0 saturated carbocycles. The fraction of sp³-hybridized carbons (Fsp3) is 0.286. The van der Waals surface area contributed by atoms with Gasteiger partial charge in [-0.1, -0.05) is 12.1 Å². The number of carbonyl (C=O) groups is 1. The summed E-state index contributed by atoms with van der Waals surface area (Å²) in [4.78, 5) is 27.9. The van der Waals surface area contributed by atoms with E-state index in [2.05, 4.69) is 9.72 Å². The van der Waals surface area contributed by atoms with Gasteiger partial charge in [-0.15, -0.1) is 0 Å². The number of nitrogens with zero attached hydrogens (tertiary/aromatic N) is 3. The summed E-state index contributed by atoms with van der Waals surface area (Å²) < 4.78 is 10.8. The molecule has 21 heavy (non-hydrogen) atoms. The van der Waals surface area contributed by atoms with E-state index in [9.17, 15) is 9.59 Å². The lowest BCUT2D eigenvalue weighted by atomic mass is 10.2. The third-order valence-electron chi connectivity index (χ3n) is 2.79. The van der Waals surface area contributed by atoms with Crippen LogP contribution in [-0.4, -0.2) is 29.2 Å². The molecule has 0 atom stereocenters. The maximum absolute atomic E-state index is 12.3. The first kappa shape index (κ1) is 14.7. The van der Waals surface area contributed by atoms with Crippen molar-refractivity contribution in [2.75, 3.05) is 13.7 Å². The van der Waals surface area contributed by atoms with Crippen LogP contribution in [0.1, 0.15) is 5.82 Å². The number of rotatable bonds is 5. The Balaban J connectivity index is 2.41. The molecule has 0 spiro atoms. The van der Waals surface area contributed by atoms with Crippen molar-refractivity contribution >= 4 is 16.9 Å². The molecule has 1 aromatic heterocycles. The van der Waals surface area contributed by atoms with E-state index in [0.29, 0.717) is 10.9 Å². The first-order valence-electron chi connectivity index (χ1n) is 6.17. The first-order valence-corrected chi connectivity index (χ1v) is 6.17. The molecule has 7 nitrogen and oxygen atoms in total. The van der Waals surface area contributed by atoms with Crippen molar-refractivity contribution in [3.05, 3.63) is 40.4 Å². The average Bonchev–Trinajstić information content (AvgIpc) is 2.49. The van der Waals surface area contributed by atoms with Gasteiger partial charge in [0.15, 0.2) is 5.82 Å². The zero-order valence-electron chi connectivity index (χ0n) is 11.4. The Morgan fingerprint density at radius 2 is 2.19 bits per heavy atom. The Labute approximate surface area is 120 Å². The van der Waals surface area contributed by atoms with Crippen LogP contribution in [-0.2, 0) is 27.4 Å². The van der Waals surface area contributed by atoms with Gasteiger partial charge >= 0.3 is 5.97 Å². The quantitative estimate of drug-likeness (QED) is 0.748. The fourth-order valence-corrected chi connectivity index (χ4v) is 1.86. The van der Waals surface area contributed by atoms with Crippen molar-refractivity contribution in [2.24, 2.45) is 0 Å². The Kier molecular flexibility index (Phi) is 4.64. The normalized spacial score (nSPS) is 10.3. The topological polar surface area (TPSA) is 94.2 Å². The van der Waals surface area contributed by atoms with E-state index in [1.54, 1.807) is 24.3 Å². The third kappa shape index (κ3) is 3.24. The number of methoxy groups -OCH3 is 1. The molecule has 0 unspecified atom stereocenters. The second-order valence-corrected chi connectivity index (χ2v) is 4.19. The summed E-state index contributed by atoms with van der Waals surface area (Å²) in [5.74, 6) is -0.340. The number of benzene rings is 1. The smallest absolute Gasteiger partial charge is 0.332 e. The first-order chi connectivity index (χ1) is 10.2. The van der Waals surface area contributed by atoms with Gasteiger partial charge in [-0.05, 0) is 12.1 Å². The van der Waals surface area contributed by atoms with Gasteiger partial charge in [0.2, 0.25) is 0 Å². The van der Waals surface area contributed by atoms with Crippen LogP contribution >= 0.6 is 0 Å². The predicted octanol–water partition coefficient (Wildman–Crippen LogP) is 0.610.